The van der Waals surface area contributed by atoms with E-state index in [1.54, 1.807) is 0 Å². The van der Waals surface area contributed by atoms with E-state index in [0.717, 1.165) is 55.4 Å². The lowest BCUT2D eigenvalue weighted by atomic mass is 9.88. The molecule has 0 N–H and O–H groups in total. The van der Waals surface area contributed by atoms with Crippen molar-refractivity contribution < 1.29 is 4.42 Å². The molecule has 0 fully saturated rings. The van der Waals surface area contributed by atoms with Gasteiger partial charge in [-0.05, 0) is 93.4 Å². The number of hydrogen-bond donors (Lipinski definition) is 0. The van der Waals surface area contributed by atoms with Crippen LogP contribution in [0.15, 0.2) is 132 Å². The Balaban J connectivity index is 1.35. The summed E-state index contributed by atoms with van der Waals surface area (Å²) < 4.78 is 9.18. The molecule has 4 nitrogen and oxygen atoms in total. The molecule has 3 heterocycles. The summed E-state index contributed by atoms with van der Waals surface area (Å²) in [5, 5.41) is 4.45. The van der Waals surface area contributed by atoms with E-state index in [9.17, 15) is 0 Å². The Bertz CT molecular complexity index is 2650. The van der Waals surface area contributed by atoms with Crippen LogP contribution in [0.25, 0.3) is 83.0 Å². The largest absolute Gasteiger partial charge is 0.454 e. The molecule has 0 aliphatic heterocycles. The van der Waals surface area contributed by atoms with Crippen molar-refractivity contribution in [3.05, 3.63) is 139 Å². The molecule has 3 aromatic heterocycles. The third kappa shape index (κ3) is 4.36. The highest BCUT2D eigenvalue weighted by Crippen LogP contribution is 2.43. The van der Waals surface area contributed by atoms with E-state index in [4.69, 9.17) is 14.4 Å². The molecule has 0 aliphatic rings. The van der Waals surface area contributed by atoms with Gasteiger partial charge in [0, 0.05) is 10.8 Å². The van der Waals surface area contributed by atoms with Gasteiger partial charge in [0.25, 0.3) is 0 Å². The number of aromatic nitrogens is 3. The van der Waals surface area contributed by atoms with Crippen LogP contribution in [-0.2, 0) is 0 Å². The Labute approximate surface area is 279 Å². The van der Waals surface area contributed by atoms with Crippen molar-refractivity contribution in [1.82, 2.24) is 14.5 Å². The SMILES string of the molecule is CC(C)c1cc(-c2ccccc2)cc(C(C)C)c1-n1c(-c2cccc3c2oc2cc4c(ccc5ccccc54)nc23)nc2ccccc21. The maximum Gasteiger partial charge on any atom is 0.154 e. The van der Waals surface area contributed by atoms with Crippen LogP contribution in [0.3, 0.4) is 0 Å². The van der Waals surface area contributed by atoms with E-state index in [0.29, 0.717) is 0 Å². The third-order valence-electron chi connectivity index (χ3n) is 9.72. The third-order valence-corrected chi connectivity index (χ3v) is 9.72. The van der Waals surface area contributed by atoms with Crippen molar-refractivity contribution >= 4 is 54.8 Å². The van der Waals surface area contributed by atoms with Crippen molar-refractivity contribution in [3.63, 3.8) is 0 Å². The zero-order valence-electron chi connectivity index (χ0n) is 27.5. The first-order chi connectivity index (χ1) is 23.5. The van der Waals surface area contributed by atoms with E-state index in [1.807, 2.05) is 0 Å². The normalized spacial score (nSPS) is 12.1. The molecule has 9 aromatic rings. The molecule has 6 aromatic carbocycles. The zero-order chi connectivity index (χ0) is 32.5. The fourth-order valence-electron chi connectivity index (χ4n) is 7.35. The van der Waals surface area contributed by atoms with Gasteiger partial charge in [-0.3, -0.25) is 4.57 Å². The summed E-state index contributed by atoms with van der Waals surface area (Å²) in [4.78, 5) is 10.5. The van der Waals surface area contributed by atoms with Crippen LogP contribution in [0.1, 0.15) is 50.7 Å². The molecule has 0 saturated carbocycles. The average Bonchev–Trinajstić information content (AvgIpc) is 3.68. The Morgan fingerprint density at radius 3 is 2.06 bits per heavy atom. The maximum absolute atomic E-state index is 6.80. The molecule has 232 valence electrons. The Kier molecular flexibility index (Phi) is 6.48. The van der Waals surface area contributed by atoms with E-state index < -0.39 is 0 Å². The first kappa shape index (κ1) is 28.5. The van der Waals surface area contributed by atoms with Gasteiger partial charge in [0.2, 0.25) is 0 Å². The molecular weight excluding hydrogens is 587 g/mol. The zero-order valence-corrected chi connectivity index (χ0v) is 27.5. The summed E-state index contributed by atoms with van der Waals surface area (Å²) in [6.45, 7) is 9.15. The number of nitrogens with zero attached hydrogens (tertiary/aromatic N) is 3. The van der Waals surface area contributed by atoms with Gasteiger partial charge < -0.3 is 4.42 Å². The first-order valence-electron chi connectivity index (χ1n) is 16.8. The topological polar surface area (TPSA) is 43.9 Å². The number of fused-ring (bicyclic) bond motifs is 7. The highest BCUT2D eigenvalue weighted by molar-refractivity contribution is 6.14. The van der Waals surface area contributed by atoms with Crippen molar-refractivity contribution in [2.24, 2.45) is 0 Å². The van der Waals surface area contributed by atoms with E-state index in [1.165, 1.54) is 38.7 Å². The predicted molar refractivity (Wildman–Crippen MR) is 200 cm³/mol. The fourth-order valence-corrected chi connectivity index (χ4v) is 7.35. The van der Waals surface area contributed by atoms with Gasteiger partial charge in [-0.25, -0.2) is 9.97 Å². The van der Waals surface area contributed by atoms with Crippen LogP contribution in [0.2, 0.25) is 0 Å². The monoisotopic (exact) mass is 621 g/mol. The second-order valence-electron chi connectivity index (χ2n) is 13.4. The summed E-state index contributed by atoms with van der Waals surface area (Å²) >= 11 is 0. The van der Waals surface area contributed by atoms with Gasteiger partial charge in [0.05, 0.1) is 27.8 Å². The Morgan fingerprint density at radius 2 is 1.27 bits per heavy atom. The Hall–Kier alpha value is -5.74. The molecule has 4 heteroatoms. The lowest BCUT2D eigenvalue weighted by Gasteiger charge is -2.24. The number of rotatable bonds is 5. The predicted octanol–water partition coefficient (Wildman–Crippen LogP) is 12.2. The highest BCUT2D eigenvalue weighted by Gasteiger charge is 2.25. The van der Waals surface area contributed by atoms with Crippen LogP contribution in [0, 0.1) is 0 Å². The van der Waals surface area contributed by atoms with Gasteiger partial charge in [0.1, 0.15) is 16.9 Å². The number of hydrogen-bond acceptors (Lipinski definition) is 3. The second-order valence-corrected chi connectivity index (χ2v) is 13.4. The summed E-state index contributed by atoms with van der Waals surface area (Å²) in [6, 6.07) is 45.1. The minimum Gasteiger partial charge on any atom is -0.454 e. The molecule has 0 saturated heterocycles. The minimum atomic E-state index is 0.281. The number of furan rings is 1. The van der Waals surface area contributed by atoms with Gasteiger partial charge in [-0.15, -0.1) is 0 Å². The lowest BCUT2D eigenvalue weighted by molar-refractivity contribution is 0.669. The first-order valence-corrected chi connectivity index (χ1v) is 16.8. The van der Waals surface area contributed by atoms with Crippen LogP contribution in [0.4, 0.5) is 0 Å². The average molecular weight is 622 g/mol. The molecular formula is C44H35N3O. The van der Waals surface area contributed by atoms with Gasteiger partial charge >= 0.3 is 0 Å². The maximum atomic E-state index is 6.80. The lowest BCUT2D eigenvalue weighted by Crippen LogP contribution is -2.09. The number of benzene rings is 6. The fraction of sp³-hybridized carbons (Fsp3) is 0.136. The second kappa shape index (κ2) is 10.9. The van der Waals surface area contributed by atoms with Crippen LogP contribution in [-0.4, -0.2) is 14.5 Å². The molecule has 48 heavy (non-hydrogen) atoms. The van der Waals surface area contributed by atoms with Crippen molar-refractivity contribution in [2.45, 2.75) is 39.5 Å². The highest BCUT2D eigenvalue weighted by atomic mass is 16.3. The van der Waals surface area contributed by atoms with E-state index >= 15 is 0 Å². The summed E-state index contributed by atoms with van der Waals surface area (Å²) in [7, 11) is 0. The van der Waals surface area contributed by atoms with Crippen LogP contribution >= 0.6 is 0 Å². The molecule has 0 spiro atoms. The molecule has 0 bridgehead atoms. The molecule has 9 rings (SSSR count). The van der Waals surface area contributed by atoms with Crippen molar-refractivity contribution in [3.8, 4) is 28.2 Å². The van der Waals surface area contributed by atoms with Gasteiger partial charge in [-0.2, -0.15) is 0 Å². The minimum absolute atomic E-state index is 0.281. The summed E-state index contributed by atoms with van der Waals surface area (Å²) in [5.41, 5.74) is 12.6. The van der Waals surface area contributed by atoms with Gasteiger partial charge in [-0.1, -0.05) is 107 Å². The Morgan fingerprint density at radius 1 is 0.562 bits per heavy atom. The molecule has 0 aliphatic carbocycles. The standard InChI is InChI=1S/C44H35N3O/c1-26(2)34-23-30(28-13-6-5-7-14-28)24-35(27(3)4)42(34)47-39-20-11-10-19-38(39)46-44(47)33-18-12-17-32-41-40(48-43(32)33)25-36-31-16-9-8-15-29(31)21-22-37(36)45-41/h5-27H,1-4H3. The summed E-state index contributed by atoms with van der Waals surface area (Å²) in [5.74, 6) is 1.43. The smallest absolute Gasteiger partial charge is 0.154 e. The molecule has 0 radical (unpaired) electrons. The van der Waals surface area contributed by atoms with Crippen molar-refractivity contribution in [2.75, 3.05) is 0 Å². The van der Waals surface area contributed by atoms with Crippen molar-refractivity contribution in [1.29, 1.82) is 0 Å². The quantitative estimate of drug-likeness (QED) is 0.180. The molecule has 0 atom stereocenters. The number of imidazole rings is 1. The van der Waals surface area contributed by atoms with Gasteiger partial charge in [0.15, 0.2) is 5.58 Å². The number of para-hydroxylation sites is 3. The van der Waals surface area contributed by atoms with E-state index in [2.05, 4.69) is 160 Å². The molecule has 0 unspecified atom stereocenters. The van der Waals surface area contributed by atoms with E-state index in [-0.39, 0.29) is 11.8 Å². The van der Waals surface area contributed by atoms with Crippen LogP contribution < -0.4 is 0 Å². The van der Waals surface area contributed by atoms with Crippen LogP contribution in [0.5, 0.6) is 0 Å². The summed E-state index contributed by atoms with van der Waals surface area (Å²) in [6.07, 6.45) is 0. The molecule has 0 amide bonds. The number of pyridine rings is 1.